The highest BCUT2D eigenvalue weighted by Gasteiger charge is 2.18. The van der Waals surface area contributed by atoms with Gasteiger partial charge in [0.15, 0.2) is 5.58 Å². The van der Waals surface area contributed by atoms with Gasteiger partial charge in [0.25, 0.3) is 0 Å². The van der Waals surface area contributed by atoms with Crippen LogP contribution in [0.2, 0.25) is 10.3 Å². The lowest BCUT2D eigenvalue weighted by molar-refractivity contribution is 0.667. The molecule has 190 valence electrons. The second-order valence-corrected chi connectivity index (χ2v) is 11.5. The van der Waals surface area contributed by atoms with Crippen molar-refractivity contribution in [1.29, 1.82) is 0 Å². The van der Waals surface area contributed by atoms with E-state index in [1.807, 2.05) is 35.6 Å². The third-order valence-electron chi connectivity index (χ3n) is 7.29. The monoisotopic (exact) mass is 572 g/mol. The number of rotatable bonds is 3. The van der Waals surface area contributed by atoms with E-state index in [-0.39, 0.29) is 5.28 Å². The molecule has 40 heavy (non-hydrogen) atoms. The van der Waals surface area contributed by atoms with Gasteiger partial charge in [-0.25, -0.2) is 9.97 Å². The number of fused-ring (bicyclic) bond motifs is 6. The minimum absolute atomic E-state index is 0.161. The average molecular weight is 574 g/mol. The summed E-state index contributed by atoms with van der Waals surface area (Å²) in [5, 5.41) is 4.18. The van der Waals surface area contributed by atoms with E-state index < -0.39 is 0 Å². The van der Waals surface area contributed by atoms with E-state index in [1.54, 1.807) is 6.07 Å². The first-order valence-corrected chi connectivity index (χ1v) is 14.4. The van der Waals surface area contributed by atoms with Crippen LogP contribution in [0.25, 0.3) is 75.8 Å². The summed E-state index contributed by atoms with van der Waals surface area (Å²) in [6.07, 6.45) is 0. The molecule has 0 aliphatic carbocycles. The second-order valence-electron chi connectivity index (χ2n) is 9.70. The van der Waals surface area contributed by atoms with Crippen molar-refractivity contribution in [2.24, 2.45) is 0 Å². The largest absolute Gasteiger partial charge is 0.452 e. The number of hydrogen-bond acceptors (Lipinski definition) is 4. The standard InChI is InChI=1S/C34H18Cl2N2OS/c35-23-14-15-28-27(18-23)31-32(39-28)30(37-34(36)38-31)22-9-4-7-20(17-22)19-6-3-8-21(16-19)24-11-5-12-26-25-10-1-2-13-29(25)40-33(24)26/h1-18H. The molecule has 0 bridgehead atoms. The molecule has 8 rings (SSSR count). The van der Waals surface area contributed by atoms with Crippen molar-refractivity contribution in [3.8, 4) is 33.5 Å². The van der Waals surface area contributed by atoms with Crippen LogP contribution < -0.4 is 0 Å². The molecule has 6 heteroatoms. The van der Waals surface area contributed by atoms with Gasteiger partial charge in [0.1, 0.15) is 16.8 Å². The summed E-state index contributed by atoms with van der Waals surface area (Å²) < 4.78 is 8.80. The van der Waals surface area contributed by atoms with E-state index in [2.05, 4.69) is 88.8 Å². The fourth-order valence-electron chi connectivity index (χ4n) is 5.47. The Bertz CT molecular complexity index is 2270. The van der Waals surface area contributed by atoms with E-state index in [1.165, 1.54) is 31.3 Å². The topological polar surface area (TPSA) is 38.9 Å². The molecule has 0 fully saturated rings. The summed E-state index contributed by atoms with van der Waals surface area (Å²) in [6.45, 7) is 0. The van der Waals surface area contributed by atoms with E-state index >= 15 is 0 Å². The Kier molecular flexibility index (Phi) is 5.42. The normalized spacial score (nSPS) is 11.8. The fourth-order valence-corrected chi connectivity index (χ4v) is 7.05. The molecule has 8 aromatic rings. The molecule has 0 radical (unpaired) electrons. The highest BCUT2D eigenvalue weighted by molar-refractivity contribution is 7.26. The summed E-state index contributed by atoms with van der Waals surface area (Å²) in [5.74, 6) is 0. The Labute approximate surface area is 243 Å². The van der Waals surface area contributed by atoms with Crippen molar-refractivity contribution in [3.63, 3.8) is 0 Å². The number of hydrogen-bond donors (Lipinski definition) is 0. The second kappa shape index (κ2) is 9.17. The van der Waals surface area contributed by atoms with Crippen molar-refractivity contribution in [2.45, 2.75) is 0 Å². The lowest BCUT2D eigenvalue weighted by atomic mass is 9.96. The lowest BCUT2D eigenvalue weighted by Crippen LogP contribution is -1.90. The quantitative estimate of drug-likeness (QED) is 0.197. The molecule has 3 nitrogen and oxygen atoms in total. The maximum Gasteiger partial charge on any atom is 0.223 e. The van der Waals surface area contributed by atoms with Crippen LogP contribution in [0.5, 0.6) is 0 Å². The number of furan rings is 1. The molecule has 0 spiro atoms. The summed E-state index contributed by atoms with van der Waals surface area (Å²) >= 11 is 14.5. The summed E-state index contributed by atoms with van der Waals surface area (Å²) in [7, 11) is 0. The van der Waals surface area contributed by atoms with E-state index in [4.69, 9.17) is 27.6 Å². The van der Waals surface area contributed by atoms with Crippen molar-refractivity contribution < 1.29 is 4.42 Å². The Morgan fingerprint density at radius 1 is 0.600 bits per heavy atom. The highest BCUT2D eigenvalue weighted by Crippen LogP contribution is 2.41. The Hall–Kier alpha value is -4.22. The van der Waals surface area contributed by atoms with Crippen molar-refractivity contribution >= 4 is 76.8 Å². The lowest BCUT2D eigenvalue weighted by Gasteiger charge is -2.09. The predicted molar refractivity (Wildman–Crippen MR) is 169 cm³/mol. The maximum atomic E-state index is 6.40. The summed E-state index contributed by atoms with van der Waals surface area (Å²) in [6, 6.07) is 37.6. The molecule has 0 N–H and O–H groups in total. The predicted octanol–water partition coefficient (Wildman–Crippen LogP) is 11.1. The van der Waals surface area contributed by atoms with Gasteiger partial charge in [-0.15, -0.1) is 11.3 Å². The van der Waals surface area contributed by atoms with E-state index in [0.717, 1.165) is 22.1 Å². The summed E-state index contributed by atoms with van der Waals surface area (Å²) in [5.41, 5.74) is 8.08. The van der Waals surface area contributed by atoms with Gasteiger partial charge in [0.2, 0.25) is 5.28 Å². The molecule has 0 unspecified atom stereocenters. The smallest absolute Gasteiger partial charge is 0.223 e. The van der Waals surface area contributed by atoms with E-state index in [9.17, 15) is 0 Å². The molecule has 0 atom stereocenters. The molecular weight excluding hydrogens is 555 g/mol. The Morgan fingerprint density at radius 3 is 2.20 bits per heavy atom. The molecule has 0 aliphatic rings. The zero-order valence-corrected chi connectivity index (χ0v) is 23.2. The molecule has 0 saturated carbocycles. The van der Waals surface area contributed by atoms with Crippen molar-refractivity contribution in [3.05, 3.63) is 120 Å². The number of nitrogens with zero attached hydrogens (tertiary/aromatic N) is 2. The van der Waals surface area contributed by atoms with Crippen LogP contribution >= 0.6 is 34.5 Å². The van der Waals surface area contributed by atoms with Crippen molar-refractivity contribution in [1.82, 2.24) is 9.97 Å². The van der Waals surface area contributed by atoms with Gasteiger partial charge in [-0.2, -0.15) is 0 Å². The van der Waals surface area contributed by atoms with Gasteiger partial charge in [-0.05, 0) is 70.3 Å². The van der Waals surface area contributed by atoms with Crippen LogP contribution in [-0.2, 0) is 0 Å². The van der Waals surface area contributed by atoms with Gasteiger partial charge in [-0.3, -0.25) is 0 Å². The van der Waals surface area contributed by atoms with Gasteiger partial charge in [0.05, 0.1) is 0 Å². The summed E-state index contributed by atoms with van der Waals surface area (Å²) in [4.78, 5) is 9.03. The SMILES string of the molecule is Clc1ccc2oc3c(-c4cccc(-c5cccc(-c6cccc7c6sc6ccccc67)c5)c4)nc(Cl)nc3c2c1. The molecule has 5 aromatic carbocycles. The first kappa shape index (κ1) is 23.6. The molecule has 0 saturated heterocycles. The van der Waals surface area contributed by atoms with Gasteiger partial charge < -0.3 is 4.42 Å². The Balaban J connectivity index is 1.26. The molecule has 0 aliphatic heterocycles. The first-order valence-electron chi connectivity index (χ1n) is 12.8. The van der Waals surface area contributed by atoms with E-state index in [0.29, 0.717) is 27.4 Å². The number of halogens is 2. The minimum Gasteiger partial charge on any atom is -0.452 e. The van der Waals surface area contributed by atoms with Crippen LogP contribution in [0.3, 0.4) is 0 Å². The molecule has 3 heterocycles. The number of aromatic nitrogens is 2. The van der Waals surface area contributed by atoms with Crippen LogP contribution in [0.4, 0.5) is 0 Å². The molecular formula is C34H18Cl2N2OS. The first-order chi connectivity index (χ1) is 19.6. The van der Waals surface area contributed by atoms with Gasteiger partial charge in [-0.1, -0.05) is 84.4 Å². The number of thiophene rings is 1. The van der Waals surface area contributed by atoms with Gasteiger partial charge >= 0.3 is 0 Å². The fraction of sp³-hybridized carbons (Fsp3) is 0. The minimum atomic E-state index is 0.161. The maximum absolute atomic E-state index is 6.40. The van der Waals surface area contributed by atoms with Crippen LogP contribution in [0, 0.1) is 0 Å². The van der Waals surface area contributed by atoms with Crippen LogP contribution in [0.15, 0.2) is 114 Å². The van der Waals surface area contributed by atoms with Crippen LogP contribution in [-0.4, -0.2) is 9.97 Å². The molecule has 0 amide bonds. The number of benzene rings is 5. The van der Waals surface area contributed by atoms with Crippen LogP contribution in [0.1, 0.15) is 0 Å². The third kappa shape index (κ3) is 3.80. The molecule has 3 aromatic heterocycles. The average Bonchev–Trinajstić information content (AvgIpc) is 3.55. The van der Waals surface area contributed by atoms with Crippen molar-refractivity contribution in [2.75, 3.05) is 0 Å². The highest BCUT2D eigenvalue weighted by atomic mass is 35.5. The zero-order valence-electron chi connectivity index (χ0n) is 20.9. The third-order valence-corrected chi connectivity index (χ3v) is 8.92. The van der Waals surface area contributed by atoms with Gasteiger partial charge in [0, 0.05) is 36.1 Å². The zero-order chi connectivity index (χ0) is 26.8. The Morgan fingerprint density at radius 2 is 1.32 bits per heavy atom.